The molecule has 0 aliphatic rings. The first-order chi connectivity index (χ1) is 7.25. The van der Waals surface area contributed by atoms with Crippen LogP contribution in [0.15, 0.2) is 18.2 Å². The molecule has 0 spiro atoms. The molecule has 3 N–H and O–H groups in total. The lowest BCUT2D eigenvalue weighted by Crippen LogP contribution is -2.37. The van der Waals surface area contributed by atoms with Crippen molar-refractivity contribution in [2.24, 2.45) is 11.1 Å². The van der Waals surface area contributed by atoms with Gasteiger partial charge in [-0.15, -0.1) is 12.4 Å². The molecular weight excluding hydrogens is 264 g/mol. The molecule has 5 heteroatoms. The Morgan fingerprint density at radius 1 is 1.35 bits per heavy atom. The lowest BCUT2D eigenvalue weighted by Gasteiger charge is -2.31. The van der Waals surface area contributed by atoms with Gasteiger partial charge in [-0.3, -0.25) is 0 Å². The highest BCUT2D eigenvalue weighted by atomic mass is 35.5. The van der Waals surface area contributed by atoms with Crippen LogP contribution in [0.25, 0.3) is 0 Å². The number of aliphatic hydroxyl groups excluding tert-OH is 1. The SMILES string of the molecule is CC(C)(C)[C@@H](O)[C@@H](N)c1cccc(Cl)c1F.Cl. The second kappa shape index (κ2) is 6.01. The van der Waals surface area contributed by atoms with Gasteiger partial charge >= 0.3 is 0 Å². The van der Waals surface area contributed by atoms with Gasteiger partial charge in [0, 0.05) is 5.56 Å². The van der Waals surface area contributed by atoms with Crippen molar-refractivity contribution in [1.82, 2.24) is 0 Å². The van der Waals surface area contributed by atoms with Crippen LogP contribution in [-0.2, 0) is 0 Å². The number of benzene rings is 1. The van der Waals surface area contributed by atoms with Gasteiger partial charge in [-0.05, 0) is 11.5 Å². The highest BCUT2D eigenvalue weighted by Crippen LogP contribution is 2.31. The predicted octanol–water partition coefficient (Wildman–Crippen LogP) is 3.31. The average Bonchev–Trinajstić information content (AvgIpc) is 2.18. The zero-order valence-electron chi connectivity index (χ0n) is 10.1. The summed E-state index contributed by atoms with van der Waals surface area (Å²) < 4.78 is 13.7. The van der Waals surface area contributed by atoms with Crippen LogP contribution in [0.1, 0.15) is 32.4 Å². The van der Waals surface area contributed by atoms with Crippen LogP contribution in [0.3, 0.4) is 0 Å². The van der Waals surface area contributed by atoms with Gasteiger partial charge in [0.25, 0.3) is 0 Å². The highest BCUT2D eigenvalue weighted by molar-refractivity contribution is 6.30. The summed E-state index contributed by atoms with van der Waals surface area (Å²) in [6.45, 7) is 5.54. The molecule has 0 amide bonds. The molecule has 0 fully saturated rings. The van der Waals surface area contributed by atoms with Crippen LogP contribution in [0.5, 0.6) is 0 Å². The fourth-order valence-corrected chi connectivity index (χ4v) is 1.67. The molecule has 0 bridgehead atoms. The van der Waals surface area contributed by atoms with E-state index in [4.69, 9.17) is 17.3 Å². The highest BCUT2D eigenvalue weighted by Gasteiger charge is 2.30. The standard InChI is InChI=1S/C12H17ClFNO.ClH/c1-12(2,3)11(16)10(15)7-5-4-6-8(13)9(7)14;/h4-6,10-11,16H,15H2,1-3H3;1H/t10-,11-;/m0./s1. The van der Waals surface area contributed by atoms with Gasteiger partial charge < -0.3 is 10.8 Å². The fourth-order valence-electron chi connectivity index (χ4n) is 1.49. The van der Waals surface area contributed by atoms with Crippen molar-refractivity contribution in [1.29, 1.82) is 0 Å². The number of hydrogen-bond donors (Lipinski definition) is 2. The van der Waals surface area contributed by atoms with Crippen molar-refractivity contribution in [3.05, 3.63) is 34.6 Å². The molecular formula is C12H18Cl2FNO. The van der Waals surface area contributed by atoms with Gasteiger partial charge in [-0.2, -0.15) is 0 Å². The van der Waals surface area contributed by atoms with E-state index in [2.05, 4.69) is 0 Å². The largest absolute Gasteiger partial charge is 0.391 e. The quantitative estimate of drug-likeness (QED) is 0.874. The maximum absolute atomic E-state index is 13.7. The van der Waals surface area contributed by atoms with Crippen molar-refractivity contribution >= 4 is 24.0 Å². The zero-order chi connectivity index (χ0) is 12.5. The van der Waals surface area contributed by atoms with Gasteiger partial charge in [0.05, 0.1) is 17.2 Å². The Kier molecular flexibility index (Phi) is 5.88. The van der Waals surface area contributed by atoms with Crippen LogP contribution in [0.2, 0.25) is 5.02 Å². The van der Waals surface area contributed by atoms with E-state index < -0.39 is 23.4 Å². The van der Waals surface area contributed by atoms with E-state index in [0.29, 0.717) is 0 Å². The Morgan fingerprint density at radius 3 is 2.35 bits per heavy atom. The van der Waals surface area contributed by atoms with Gasteiger partial charge in [0.2, 0.25) is 0 Å². The molecule has 2 atom stereocenters. The zero-order valence-corrected chi connectivity index (χ0v) is 11.6. The molecule has 1 rings (SSSR count). The Morgan fingerprint density at radius 2 is 1.88 bits per heavy atom. The molecule has 0 unspecified atom stereocenters. The second-order valence-corrected chi connectivity index (χ2v) is 5.39. The van der Waals surface area contributed by atoms with Crippen molar-refractivity contribution < 1.29 is 9.50 Å². The summed E-state index contributed by atoms with van der Waals surface area (Å²) in [5, 5.41) is 10.0. The third-order valence-electron chi connectivity index (χ3n) is 2.57. The summed E-state index contributed by atoms with van der Waals surface area (Å²) in [6, 6.07) is 3.84. The van der Waals surface area contributed by atoms with Crippen molar-refractivity contribution in [2.45, 2.75) is 32.9 Å². The molecule has 0 aliphatic carbocycles. The first kappa shape index (κ1) is 16.6. The van der Waals surface area contributed by atoms with E-state index in [1.807, 2.05) is 20.8 Å². The summed E-state index contributed by atoms with van der Waals surface area (Å²) in [4.78, 5) is 0. The second-order valence-electron chi connectivity index (χ2n) is 4.98. The molecule has 0 saturated heterocycles. The Hall–Kier alpha value is -0.350. The maximum atomic E-state index is 13.7. The van der Waals surface area contributed by atoms with E-state index in [1.54, 1.807) is 12.1 Å². The minimum atomic E-state index is -0.833. The van der Waals surface area contributed by atoms with Crippen LogP contribution >= 0.6 is 24.0 Å². The third kappa shape index (κ3) is 3.81. The number of aliphatic hydroxyl groups is 1. The van der Waals surface area contributed by atoms with E-state index in [-0.39, 0.29) is 23.0 Å². The Balaban J connectivity index is 0.00000256. The number of rotatable bonds is 2. The molecule has 98 valence electrons. The molecule has 17 heavy (non-hydrogen) atoms. The van der Waals surface area contributed by atoms with Crippen molar-refractivity contribution in [3.8, 4) is 0 Å². The predicted molar refractivity (Wildman–Crippen MR) is 71.0 cm³/mol. The molecule has 0 heterocycles. The smallest absolute Gasteiger partial charge is 0.146 e. The number of nitrogens with two attached hydrogens (primary N) is 1. The van der Waals surface area contributed by atoms with Crippen LogP contribution in [0.4, 0.5) is 4.39 Å². The van der Waals surface area contributed by atoms with Crippen molar-refractivity contribution in [3.63, 3.8) is 0 Å². The summed E-state index contributed by atoms with van der Waals surface area (Å²) >= 11 is 5.66. The summed E-state index contributed by atoms with van der Waals surface area (Å²) in [5.74, 6) is -0.556. The van der Waals surface area contributed by atoms with E-state index in [0.717, 1.165) is 0 Å². The maximum Gasteiger partial charge on any atom is 0.146 e. The first-order valence-electron chi connectivity index (χ1n) is 5.12. The lowest BCUT2D eigenvalue weighted by molar-refractivity contribution is 0.0391. The van der Waals surface area contributed by atoms with Crippen LogP contribution in [0, 0.1) is 11.2 Å². The normalized spacial score (nSPS) is 15.0. The van der Waals surface area contributed by atoms with E-state index in [1.165, 1.54) is 6.07 Å². The summed E-state index contributed by atoms with van der Waals surface area (Å²) in [5.41, 5.74) is 5.68. The molecule has 0 saturated carbocycles. The lowest BCUT2D eigenvalue weighted by atomic mass is 9.82. The number of halogens is 3. The number of hydrogen-bond acceptors (Lipinski definition) is 2. The topological polar surface area (TPSA) is 46.2 Å². The third-order valence-corrected chi connectivity index (χ3v) is 2.86. The van der Waals surface area contributed by atoms with Gasteiger partial charge in [-0.25, -0.2) is 4.39 Å². The summed E-state index contributed by atoms with van der Waals surface area (Å²) in [6.07, 6.45) is -0.833. The minimum Gasteiger partial charge on any atom is -0.391 e. The fraction of sp³-hybridized carbons (Fsp3) is 0.500. The Labute approximate surface area is 112 Å². The molecule has 2 nitrogen and oxygen atoms in total. The van der Waals surface area contributed by atoms with Gasteiger partial charge in [-0.1, -0.05) is 44.5 Å². The monoisotopic (exact) mass is 281 g/mol. The molecule has 0 aliphatic heterocycles. The molecule has 1 aromatic carbocycles. The molecule has 0 aromatic heterocycles. The minimum absolute atomic E-state index is 0. The summed E-state index contributed by atoms with van der Waals surface area (Å²) in [7, 11) is 0. The van der Waals surface area contributed by atoms with E-state index >= 15 is 0 Å². The van der Waals surface area contributed by atoms with E-state index in [9.17, 15) is 9.50 Å². The Bertz CT molecular complexity index is 379. The van der Waals surface area contributed by atoms with Gasteiger partial charge in [0.15, 0.2) is 0 Å². The average molecular weight is 282 g/mol. The van der Waals surface area contributed by atoms with Crippen LogP contribution < -0.4 is 5.73 Å². The first-order valence-corrected chi connectivity index (χ1v) is 5.50. The van der Waals surface area contributed by atoms with Crippen LogP contribution in [-0.4, -0.2) is 11.2 Å². The van der Waals surface area contributed by atoms with Gasteiger partial charge in [0.1, 0.15) is 5.82 Å². The molecule has 1 aromatic rings. The van der Waals surface area contributed by atoms with Crippen molar-refractivity contribution in [2.75, 3.05) is 0 Å². The molecule has 0 radical (unpaired) electrons.